The highest BCUT2D eigenvalue weighted by Gasteiger charge is 2.23. The third-order valence-corrected chi connectivity index (χ3v) is 3.24. The summed E-state index contributed by atoms with van der Waals surface area (Å²) in [5.74, 6) is -0.316. The van der Waals surface area contributed by atoms with Crippen LogP contribution in [0.1, 0.15) is 37.0 Å². The number of hydrogen-bond donors (Lipinski definition) is 2. The van der Waals surface area contributed by atoms with E-state index in [1.807, 2.05) is 13.8 Å². The first-order chi connectivity index (χ1) is 8.02. The van der Waals surface area contributed by atoms with Gasteiger partial charge in [0.15, 0.2) is 0 Å². The average molecular weight is 257 g/mol. The zero-order chi connectivity index (χ0) is 12.9. The molecule has 4 nitrogen and oxygen atoms in total. The molecule has 0 fully saturated rings. The number of halogens is 1. The highest BCUT2D eigenvalue weighted by molar-refractivity contribution is 6.33. The van der Waals surface area contributed by atoms with Crippen LogP contribution in [0.2, 0.25) is 5.02 Å². The summed E-state index contributed by atoms with van der Waals surface area (Å²) in [7, 11) is 0. The second-order valence-corrected chi connectivity index (χ2v) is 4.38. The monoisotopic (exact) mass is 256 g/mol. The molecule has 0 aromatic carbocycles. The maximum absolute atomic E-state index is 11.8. The van der Waals surface area contributed by atoms with Crippen LogP contribution >= 0.6 is 11.6 Å². The van der Waals surface area contributed by atoms with Crippen molar-refractivity contribution in [1.29, 1.82) is 0 Å². The molecule has 0 aliphatic rings. The molecule has 0 bridgehead atoms. The Hall–Kier alpha value is -1.13. The molecule has 17 heavy (non-hydrogen) atoms. The molecule has 0 unspecified atom stereocenters. The highest BCUT2D eigenvalue weighted by Crippen LogP contribution is 2.15. The molecule has 1 amide bonds. The van der Waals surface area contributed by atoms with E-state index in [1.165, 1.54) is 12.4 Å². The third kappa shape index (κ3) is 3.68. The number of aromatic nitrogens is 1. The molecule has 2 N–H and O–H groups in total. The summed E-state index contributed by atoms with van der Waals surface area (Å²) in [5, 5.41) is 13.1. The van der Waals surface area contributed by atoms with Crippen LogP contribution in [-0.2, 0) is 0 Å². The van der Waals surface area contributed by atoms with Crippen molar-refractivity contribution in [3.05, 3.63) is 29.0 Å². The maximum Gasteiger partial charge on any atom is 0.254 e. The van der Waals surface area contributed by atoms with E-state index in [2.05, 4.69) is 10.3 Å². The second-order valence-electron chi connectivity index (χ2n) is 3.97. The Balaban J connectivity index is 2.65. The van der Waals surface area contributed by atoms with Crippen molar-refractivity contribution < 1.29 is 9.90 Å². The topological polar surface area (TPSA) is 62.2 Å². The van der Waals surface area contributed by atoms with Crippen molar-refractivity contribution in [3.63, 3.8) is 0 Å². The van der Waals surface area contributed by atoms with E-state index in [0.29, 0.717) is 23.4 Å². The van der Waals surface area contributed by atoms with E-state index in [4.69, 9.17) is 11.6 Å². The number of nitrogens with zero attached hydrogens (tertiary/aromatic N) is 1. The van der Waals surface area contributed by atoms with E-state index in [0.717, 1.165) is 0 Å². The molecular weight excluding hydrogens is 240 g/mol. The van der Waals surface area contributed by atoms with Crippen LogP contribution in [0.5, 0.6) is 0 Å². The number of carbonyl (C=O) groups is 1. The Kier molecular flexibility index (Phi) is 4.90. The summed E-state index contributed by atoms with van der Waals surface area (Å²) in [6.07, 6.45) is 4.11. The van der Waals surface area contributed by atoms with E-state index in [9.17, 15) is 9.90 Å². The number of amides is 1. The van der Waals surface area contributed by atoms with Gasteiger partial charge in [-0.25, -0.2) is 0 Å². The first-order valence-electron chi connectivity index (χ1n) is 5.62. The normalized spacial score (nSPS) is 11.3. The Labute approximate surface area is 106 Å². The molecule has 0 aliphatic carbocycles. The molecule has 0 saturated heterocycles. The smallest absolute Gasteiger partial charge is 0.254 e. The Morgan fingerprint density at radius 1 is 1.53 bits per heavy atom. The summed E-state index contributed by atoms with van der Waals surface area (Å²) in [6.45, 7) is 3.98. The summed E-state index contributed by atoms with van der Waals surface area (Å²) in [4.78, 5) is 15.6. The van der Waals surface area contributed by atoms with Gasteiger partial charge in [-0.3, -0.25) is 9.78 Å². The molecule has 1 aromatic heterocycles. The van der Waals surface area contributed by atoms with Crippen molar-refractivity contribution in [2.24, 2.45) is 0 Å². The molecule has 0 atom stereocenters. The molecule has 0 saturated carbocycles. The average Bonchev–Trinajstić information content (AvgIpc) is 2.36. The lowest BCUT2D eigenvalue weighted by Crippen LogP contribution is -2.42. The maximum atomic E-state index is 11.8. The van der Waals surface area contributed by atoms with Crippen molar-refractivity contribution in [2.45, 2.75) is 32.3 Å². The Bertz CT molecular complexity index is 392. The van der Waals surface area contributed by atoms with Gasteiger partial charge < -0.3 is 10.4 Å². The Morgan fingerprint density at radius 3 is 2.71 bits per heavy atom. The zero-order valence-corrected chi connectivity index (χ0v) is 10.8. The second kappa shape index (κ2) is 5.98. The lowest BCUT2D eigenvalue weighted by atomic mass is 9.97. The van der Waals surface area contributed by atoms with E-state index < -0.39 is 5.60 Å². The fourth-order valence-electron chi connectivity index (χ4n) is 1.38. The number of carbonyl (C=O) groups excluding carboxylic acids is 1. The minimum absolute atomic E-state index is 0.212. The molecule has 1 aromatic rings. The minimum Gasteiger partial charge on any atom is -0.388 e. The van der Waals surface area contributed by atoms with Crippen molar-refractivity contribution in [2.75, 3.05) is 6.54 Å². The van der Waals surface area contributed by atoms with Crippen molar-refractivity contribution in [3.8, 4) is 0 Å². The summed E-state index contributed by atoms with van der Waals surface area (Å²) in [6, 6.07) is 1.56. The van der Waals surface area contributed by atoms with Gasteiger partial charge in [-0.15, -0.1) is 0 Å². The van der Waals surface area contributed by atoms with Gasteiger partial charge in [-0.05, 0) is 18.9 Å². The molecular formula is C12H17ClN2O2. The minimum atomic E-state index is -0.857. The first-order valence-corrected chi connectivity index (χ1v) is 6.00. The number of rotatable bonds is 5. The predicted octanol–water partition coefficient (Wildman–Crippen LogP) is 2.02. The zero-order valence-electron chi connectivity index (χ0n) is 10.0. The third-order valence-electron chi connectivity index (χ3n) is 2.91. The summed E-state index contributed by atoms with van der Waals surface area (Å²) in [5.41, 5.74) is -0.534. The van der Waals surface area contributed by atoms with Crippen LogP contribution in [0.3, 0.4) is 0 Å². The molecule has 0 spiro atoms. The summed E-state index contributed by atoms with van der Waals surface area (Å²) < 4.78 is 0. The van der Waals surface area contributed by atoms with Crippen molar-refractivity contribution in [1.82, 2.24) is 10.3 Å². The quantitative estimate of drug-likeness (QED) is 0.847. The lowest BCUT2D eigenvalue weighted by Gasteiger charge is -2.25. The van der Waals surface area contributed by atoms with Gasteiger partial charge in [-0.1, -0.05) is 25.4 Å². The molecule has 1 heterocycles. The molecule has 5 heteroatoms. The van der Waals surface area contributed by atoms with Gasteiger partial charge in [0.2, 0.25) is 0 Å². The lowest BCUT2D eigenvalue weighted by molar-refractivity contribution is 0.0314. The molecule has 94 valence electrons. The van der Waals surface area contributed by atoms with Crippen LogP contribution in [0.25, 0.3) is 0 Å². The predicted molar refractivity (Wildman–Crippen MR) is 67.1 cm³/mol. The van der Waals surface area contributed by atoms with Gasteiger partial charge in [-0.2, -0.15) is 0 Å². The van der Waals surface area contributed by atoms with Crippen LogP contribution in [0, 0.1) is 0 Å². The van der Waals surface area contributed by atoms with Gasteiger partial charge in [0.05, 0.1) is 16.2 Å². The SMILES string of the molecule is CCC(O)(CC)CNC(=O)c1cnccc1Cl. The van der Waals surface area contributed by atoms with Gasteiger partial charge >= 0.3 is 0 Å². The van der Waals surface area contributed by atoms with Gasteiger partial charge in [0.1, 0.15) is 0 Å². The molecule has 0 radical (unpaired) electrons. The number of pyridine rings is 1. The largest absolute Gasteiger partial charge is 0.388 e. The number of nitrogens with one attached hydrogen (secondary N) is 1. The number of hydrogen-bond acceptors (Lipinski definition) is 3. The van der Waals surface area contributed by atoms with Gasteiger partial charge in [0, 0.05) is 18.9 Å². The van der Waals surface area contributed by atoms with E-state index >= 15 is 0 Å². The van der Waals surface area contributed by atoms with Crippen LogP contribution in [0.15, 0.2) is 18.5 Å². The van der Waals surface area contributed by atoms with Gasteiger partial charge in [0.25, 0.3) is 5.91 Å². The summed E-state index contributed by atoms with van der Waals surface area (Å²) >= 11 is 5.87. The van der Waals surface area contributed by atoms with Crippen LogP contribution in [0.4, 0.5) is 0 Å². The van der Waals surface area contributed by atoms with E-state index in [-0.39, 0.29) is 12.5 Å². The molecule has 0 aliphatic heterocycles. The fourth-order valence-corrected chi connectivity index (χ4v) is 1.58. The van der Waals surface area contributed by atoms with E-state index in [1.54, 1.807) is 6.07 Å². The van der Waals surface area contributed by atoms with Crippen LogP contribution < -0.4 is 5.32 Å². The fraction of sp³-hybridized carbons (Fsp3) is 0.500. The molecule has 1 rings (SSSR count). The standard InChI is InChI=1S/C12H17ClN2O2/c1-3-12(17,4-2)8-15-11(16)9-7-14-6-5-10(9)13/h5-7,17H,3-4,8H2,1-2H3,(H,15,16). The Morgan fingerprint density at radius 2 is 2.18 bits per heavy atom. The van der Waals surface area contributed by atoms with Crippen LogP contribution in [-0.4, -0.2) is 28.1 Å². The highest BCUT2D eigenvalue weighted by atomic mass is 35.5. The van der Waals surface area contributed by atoms with Crippen molar-refractivity contribution >= 4 is 17.5 Å². The first kappa shape index (κ1) is 13.9. The number of aliphatic hydroxyl groups is 1.